The van der Waals surface area contributed by atoms with E-state index in [0.29, 0.717) is 5.65 Å². The molecular weight excluding hydrogens is 214 g/mol. The summed E-state index contributed by atoms with van der Waals surface area (Å²) in [6.45, 7) is 2.02. The number of hydrogen-bond donors (Lipinski definition) is 2. The summed E-state index contributed by atoms with van der Waals surface area (Å²) in [4.78, 5) is 14.5. The Balaban J connectivity index is 0.000000128. The summed E-state index contributed by atoms with van der Waals surface area (Å²) in [6.07, 6.45) is 4.76. The van der Waals surface area contributed by atoms with E-state index in [9.17, 15) is 0 Å². The molecule has 3 aromatic rings. The molecule has 86 valence electrons. The number of aromatic nitrogens is 4. The first-order valence-electron chi connectivity index (χ1n) is 5.17. The highest BCUT2D eigenvalue weighted by molar-refractivity contribution is 5.67. The lowest BCUT2D eigenvalue weighted by Gasteiger charge is -1.91. The molecule has 0 aliphatic rings. The predicted octanol–water partition coefficient (Wildman–Crippen LogP) is 1.93. The summed E-state index contributed by atoms with van der Waals surface area (Å²) >= 11 is 0. The molecule has 0 unspecified atom stereocenters. The lowest BCUT2D eigenvalue weighted by molar-refractivity contribution is 1.20. The van der Waals surface area contributed by atoms with E-state index in [0.717, 1.165) is 11.2 Å². The van der Waals surface area contributed by atoms with E-state index in [4.69, 9.17) is 5.73 Å². The molecule has 0 aliphatic heterocycles. The largest absolute Gasteiger partial charge is 0.399 e. The number of nitrogen functional groups attached to an aromatic ring is 1. The van der Waals surface area contributed by atoms with E-state index in [1.54, 1.807) is 12.5 Å². The fraction of sp³-hybridized carbons (Fsp3) is 0.0833. The Bertz CT molecular complexity index is 555. The summed E-state index contributed by atoms with van der Waals surface area (Å²) in [7, 11) is 0. The first-order chi connectivity index (χ1) is 8.25. The van der Waals surface area contributed by atoms with Crippen molar-refractivity contribution in [3.05, 3.63) is 48.7 Å². The molecule has 3 rings (SSSR count). The Hall–Kier alpha value is -2.43. The van der Waals surface area contributed by atoms with Gasteiger partial charge in [0.25, 0.3) is 0 Å². The van der Waals surface area contributed by atoms with Gasteiger partial charge in [0, 0.05) is 5.69 Å². The van der Waals surface area contributed by atoms with Crippen molar-refractivity contribution in [1.82, 2.24) is 19.9 Å². The maximum Gasteiger partial charge on any atom is 0.180 e. The third kappa shape index (κ3) is 3.01. The van der Waals surface area contributed by atoms with Gasteiger partial charge in [-0.1, -0.05) is 12.1 Å². The van der Waals surface area contributed by atoms with Crippen molar-refractivity contribution in [2.24, 2.45) is 0 Å². The highest BCUT2D eigenvalue weighted by Gasteiger charge is 1.91. The van der Waals surface area contributed by atoms with Gasteiger partial charge in [0.2, 0.25) is 0 Å². The minimum Gasteiger partial charge on any atom is -0.399 e. The van der Waals surface area contributed by atoms with Gasteiger partial charge in [-0.2, -0.15) is 0 Å². The topological polar surface area (TPSA) is 80.5 Å². The van der Waals surface area contributed by atoms with E-state index in [2.05, 4.69) is 19.9 Å². The summed E-state index contributed by atoms with van der Waals surface area (Å²) < 4.78 is 0. The first kappa shape index (κ1) is 11.1. The molecule has 5 heteroatoms. The lowest BCUT2D eigenvalue weighted by Crippen LogP contribution is -1.82. The van der Waals surface area contributed by atoms with Gasteiger partial charge in [-0.15, -0.1) is 0 Å². The van der Waals surface area contributed by atoms with Gasteiger partial charge in [0.15, 0.2) is 5.65 Å². The van der Waals surface area contributed by atoms with Crippen molar-refractivity contribution in [2.45, 2.75) is 6.92 Å². The van der Waals surface area contributed by atoms with E-state index in [1.165, 1.54) is 11.9 Å². The Labute approximate surface area is 98.7 Å². The minimum absolute atomic E-state index is 0.713. The van der Waals surface area contributed by atoms with Crippen LogP contribution in [-0.4, -0.2) is 19.9 Å². The predicted molar refractivity (Wildman–Crippen MR) is 67.3 cm³/mol. The molecule has 1 aromatic carbocycles. The summed E-state index contributed by atoms with van der Waals surface area (Å²) in [6, 6.07) is 7.80. The Morgan fingerprint density at radius 1 is 1.24 bits per heavy atom. The van der Waals surface area contributed by atoms with Crippen molar-refractivity contribution in [1.29, 1.82) is 0 Å². The zero-order valence-corrected chi connectivity index (χ0v) is 9.46. The second-order valence-electron chi connectivity index (χ2n) is 3.58. The van der Waals surface area contributed by atoms with Crippen LogP contribution in [0.2, 0.25) is 0 Å². The van der Waals surface area contributed by atoms with Crippen LogP contribution in [0, 0.1) is 6.92 Å². The molecule has 0 aliphatic carbocycles. The quantitative estimate of drug-likeness (QED) is 0.575. The monoisotopic (exact) mass is 227 g/mol. The van der Waals surface area contributed by atoms with Crippen molar-refractivity contribution in [3.63, 3.8) is 0 Å². The number of hydrogen-bond acceptors (Lipinski definition) is 4. The Morgan fingerprint density at radius 3 is 2.76 bits per heavy atom. The van der Waals surface area contributed by atoms with Crippen LogP contribution in [0.1, 0.15) is 5.56 Å². The zero-order valence-electron chi connectivity index (χ0n) is 9.46. The molecule has 0 spiro atoms. The van der Waals surface area contributed by atoms with E-state index in [-0.39, 0.29) is 0 Å². The molecule has 0 fully saturated rings. The number of anilines is 1. The maximum absolute atomic E-state index is 5.46. The van der Waals surface area contributed by atoms with Crippen molar-refractivity contribution in [3.8, 4) is 0 Å². The number of nitrogens with two attached hydrogens (primary N) is 1. The second-order valence-corrected chi connectivity index (χ2v) is 3.58. The summed E-state index contributed by atoms with van der Waals surface area (Å²) in [5.41, 5.74) is 9.10. The van der Waals surface area contributed by atoms with Crippen LogP contribution in [0.5, 0.6) is 0 Å². The fourth-order valence-corrected chi connectivity index (χ4v) is 1.36. The Morgan fingerprint density at radius 2 is 2.12 bits per heavy atom. The van der Waals surface area contributed by atoms with Gasteiger partial charge in [0.05, 0.1) is 12.5 Å². The number of fused-ring (bicyclic) bond motifs is 1. The molecular formula is C12H13N5. The average molecular weight is 227 g/mol. The molecule has 0 saturated heterocycles. The third-order valence-electron chi connectivity index (χ3n) is 2.14. The van der Waals surface area contributed by atoms with Crippen LogP contribution in [0.25, 0.3) is 11.2 Å². The number of imidazole rings is 1. The normalized spacial score (nSPS) is 9.71. The van der Waals surface area contributed by atoms with Crippen LogP contribution in [0.4, 0.5) is 5.69 Å². The highest BCUT2D eigenvalue weighted by atomic mass is 15.0. The molecule has 0 atom stereocenters. The summed E-state index contributed by atoms with van der Waals surface area (Å²) in [5.74, 6) is 0. The van der Waals surface area contributed by atoms with Crippen molar-refractivity contribution in [2.75, 3.05) is 5.73 Å². The van der Waals surface area contributed by atoms with Gasteiger partial charge in [-0.05, 0) is 24.6 Å². The van der Waals surface area contributed by atoms with Crippen LogP contribution in [-0.2, 0) is 0 Å². The number of benzene rings is 1. The lowest BCUT2D eigenvalue weighted by atomic mass is 10.2. The van der Waals surface area contributed by atoms with Crippen LogP contribution < -0.4 is 5.73 Å². The summed E-state index contributed by atoms with van der Waals surface area (Å²) in [5, 5.41) is 0. The number of aryl methyl sites for hydroxylation is 1. The molecule has 0 amide bonds. The van der Waals surface area contributed by atoms with E-state index < -0.39 is 0 Å². The van der Waals surface area contributed by atoms with E-state index >= 15 is 0 Å². The number of aromatic amines is 1. The molecule has 5 nitrogen and oxygen atoms in total. The molecule has 0 bridgehead atoms. The van der Waals surface area contributed by atoms with E-state index in [1.807, 2.05) is 31.2 Å². The maximum atomic E-state index is 5.46. The molecule has 17 heavy (non-hydrogen) atoms. The van der Waals surface area contributed by atoms with Crippen LogP contribution in [0.15, 0.2) is 43.1 Å². The fourth-order valence-electron chi connectivity index (χ4n) is 1.36. The third-order valence-corrected chi connectivity index (χ3v) is 2.14. The highest BCUT2D eigenvalue weighted by Crippen LogP contribution is 2.03. The molecule has 3 N–H and O–H groups in total. The van der Waals surface area contributed by atoms with Crippen molar-refractivity contribution < 1.29 is 0 Å². The van der Waals surface area contributed by atoms with Crippen LogP contribution in [0.3, 0.4) is 0 Å². The van der Waals surface area contributed by atoms with Gasteiger partial charge in [0.1, 0.15) is 11.8 Å². The van der Waals surface area contributed by atoms with Crippen molar-refractivity contribution >= 4 is 16.9 Å². The number of rotatable bonds is 0. The second kappa shape index (κ2) is 5.07. The Kier molecular flexibility index (Phi) is 3.30. The van der Waals surface area contributed by atoms with Gasteiger partial charge in [-0.3, -0.25) is 0 Å². The number of nitrogens with one attached hydrogen (secondary N) is 1. The van der Waals surface area contributed by atoms with Gasteiger partial charge >= 0.3 is 0 Å². The molecule has 2 heterocycles. The number of H-pyrrole nitrogens is 1. The SMILES string of the molecule is Cc1cccc(N)c1.c1ncc2[nH]cnc2n1. The average Bonchev–Trinajstić information content (AvgIpc) is 2.77. The van der Waals surface area contributed by atoms with Gasteiger partial charge < -0.3 is 10.7 Å². The molecule has 2 aromatic heterocycles. The first-order valence-corrected chi connectivity index (χ1v) is 5.17. The molecule has 0 radical (unpaired) electrons. The van der Waals surface area contributed by atoms with Gasteiger partial charge in [-0.25, -0.2) is 15.0 Å². The number of nitrogens with zero attached hydrogens (tertiary/aromatic N) is 3. The molecule has 0 saturated carbocycles. The van der Waals surface area contributed by atoms with Crippen LogP contribution >= 0.6 is 0 Å². The minimum atomic E-state index is 0.713. The standard InChI is InChI=1S/C7H9N.C5H4N4/c1-6-3-2-4-7(8)5-6;1-4-5(8-2-6-1)9-3-7-4/h2-5H,8H2,1H3;1-3H,(H,6,7,8,9). The smallest absolute Gasteiger partial charge is 0.180 e. The zero-order chi connectivity index (χ0) is 12.1.